The molecule has 0 aliphatic rings. The summed E-state index contributed by atoms with van der Waals surface area (Å²) in [5.41, 5.74) is 10.5. The normalized spacial score (nSPS) is 11.4. The predicted molar refractivity (Wildman–Crippen MR) is 230 cm³/mol. The zero-order valence-electron chi connectivity index (χ0n) is 37.6. The highest BCUT2D eigenvalue weighted by Gasteiger charge is 2.19. The van der Waals surface area contributed by atoms with Gasteiger partial charge in [-0.15, -0.1) is 0 Å². The van der Waals surface area contributed by atoms with Gasteiger partial charge in [-0.3, -0.25) is 19.2 Å². The Morgan fingerprint density at radius 3 is 1.39 bits per heavy atom. The van der Waals surface area contributed by atoms with Crippen LogP contribution in [0.4, 0.5) is 0 Å². The van der Waals surface area contributed by atoms with Crippen molar-refractivity contribution in [3.8, 4) is 0 Å². The number of ether oxygens (including phenoxy) is 1. The van der Waals surface area contributed by atoms with E-state index in [0.717, 1.165) is 18.8 Å². The molecule has 0 unspecified atom stereocenters. The summed E-state index contributed by atoms with van der Waals surface area (Å²) in [6.45, 7) is 13.7. The first-order valence-electron chi connectivity index (χ1n) is 22.4. The van der Waals surface area contributed by atoms with Crippen LogP contribution in [0, 0.1) is 17.8 Å². The van der Waals surface area contributed by atoms with E-state index in [9.17, 15) is 29.1 Å². The van der Waals surface area contributed by atoms with Crippen molar-refractivity contribution in [2.24, 2.45) is 29.2 Å². The van der Waals surface area contributed by atoms with E-state index in [1.807, 2.05) is 0 Å². The number of nitrogens with one attached hydrogen (secondary N) is 1. The van der Waals surface area contributed by atoms with E-state index in [1.165, 1.54) is 147 Å². The van der Waals surface area contributed by atoms with Crippen LogP contribution in [0.1, 0.15) is 203 Å². The lowest BCUT2D eigenvalue weighted by Gasteiger charge is -2.18. The summed E-state index contributed by atoms with van der Waals surface area (Å²) in [5.74, 6) is -1.42. The number of carboxylic acids is 1. The van der Waals surface area contributed by atoms with Crippen molar-refractivity contribution < 1.29 is 33.8 Å². The molecule has 0 bridgehead atoms. The van der Waals surface area contributed by atoms with Gasteiger partial charge in [0, 0.05) is 18.9 Å². The van der Waals surface area contributed by atoms with Gasteiger partial charge in [0.05, 0.1) is 19.6 Å². The Morgan fingerprint density at radius 2 is 1.04 bits per heavy atom. The summed E-state index contributed by atoms with van der Waals surface area (Å²) in [5, 5.41) is 12.2. The summed E-state index contributed by atoms with van der Waals surface area (Å²) >= 11 is 0. The van der Waals surface area contributed by atoms with Gasteiger partial charge in [0.15, 0.2) is 5.78 Å². The molecule has 2 amide bonds. The number of rotatable bonds is 34. The van der Waals surface area contributed by atoms with E-state index < -0.39 is 29.8 Å². The molecule has 0 saturated carbocycles. The molecule has 11 heteroatoms. The number of nitrogens with two attached hydrogens (primary N) is 2. The number of ketones is 1. The van der Waals surface area contributed by atoms with Crippen LogP contribution in [0.2, 0.25) is 0 Å². The summed E-state index contributed by atoms with van der Waals surface area (Å²) in [4.78, 5) is 56.8. The van der Waals surface area contributed by atoms with Crippen molar-refractivity contribution in [3.63, 3.8) is 0 Å². The molecule has 0 fully saturated rings. The van der Waals surface area contributed by atoms with Crippen LogP contribution in [0.3, 0.4) is 0 Å². The molecule has 0 aromatic carbocycles. The van der Waals surface area contributed by atoms with Gasteiger partial charge in [-0.25, -0.2) is 0 Å². The van der Waals surface area contributed by atoms with Gasteiger partial charge in [-0.1, -0.05) is 190 Å². The SMILES string of the molecule is CC(C)C(=O)CN(C)C(=O)CNC(=O)[C@@H](N)COC(=O)CN.CC(C)CCCC(=O)[O-].CCCCCCCCCCCCCCCCCCCCCCC(C)C. The minimum absolute atomic E-state index is 0.0213. The quantitative estimate of drug-likeness (QED) is 0.0428. The Kier molecular flexibility index (Phi) is 43.4. The number of carbonyl (C=O) groups excluding carboxylic acids is 5. The zero-order valence-corrected chi connectivity index (χ0v) is 37.6. The molecule has 0 heterocycles. The van der Waals surface area contributed by atoms with Gasteiger partial charge in [-0.05, 0) is 24.7 Å². The lowest BCUT2D eigenvalue weighted by Crippen LogP contribution is -2.48. The number of esters is 1. The third-order valence-corrected chi connectivity index (χ3v) is 9.60. The second kappa shape index (κ2) is 42.1. The minimum atomic E-state index is -1.09. The van der Waals surface area contributed by atoms with Crippen molar-refractivity contribution in [1.29, 1.82) is 0 Å². The van der Waals surface area contributed by atoms with E-state index in [1.54, 1.807) is 13.8 Å². The molecule has 332 valence electrons. The van der Waals surface area contributed by atoms with E-state index in [0.29, 0.717) is 5.92 Å². The van der Waals surface area contributed by atoms with E-state index >= 15 is 0 Å². The molecule has 0 aromatic rings. The third-order valence-electron chi connectivity index (χ3n) is 9.60. The maximum atomic E-state index is 11.8. The Balaban J connectivity index is -0.000000828. The zero-order chi connectivity index (χ0) is 43.0. The van der Waals surface area contributed by atoms with Gasteiger partial charge in [0.2, 0.25) is 11.8 Å². The van der Waals surface area contributed by atoms with Crippen molar-refractivity contribution in [2.75, 3.05) is 33.3 Å². The molecule has 0 aliphatic heterocycles. The molecular weight excluding hydrogens is 709 g/mol. The van der Waals surface area contributed by atoms with Crippen molar-refractivity contribution in [2.45, 2.75) is 209 Å². The van der Waals surface area contributed by atoms with Crippen LogP contribution in [0.15, 0.2) is 0 Å². The van der Waals surface area contributed by atoms with Crippen LogP contribution in [0.25, 0.3) is 0 Å². The molecule has 1 atom stereocenters. The lowest BCUT2D eigenvalue weighted by atomic mass is 10.0. The molecule has 11 nitrogen and oxygen atoms in total. The number of hydrogen-bond acceptors (Lipinski definition) is 9. The Labute approximate surface area is 344 Å². The molecule has 0 aliphatic carbocycles. The third kappa shape index (κ3) is 45.9. The number of carbonyl (C=O) groups is 5. The van der Waals surface area contributed by atoms with Gasteiger partial charge in [-0.2, -0.15) is 0 Å². The van der Waals surface area contributed by atoms with Crippen LogP contribution in [0.5, 0.6) is 0 Å². The van der Waals surface area contributed by atoms with E-state index in [-0.39, 0.29) is 44.4 Å². The molecule has 5 N–H and O–H groups in total. The highest BCUT2D eigenvalue weighted by Crippen LogP contribution is 2.16. The number of likely N-dealkylation sites (N-methyl/N-ethyl adjacent to an activating group) is 1. The summed E-state index contributed by atoms with van der Waals surface area (Å²) in [6.07, 6.45) is 32.9. The Hall–Kier alpha value is -2.53. The average molecular weight is 798 g/mol. The fourth-order valence-corrected chi connectivity index (χ4v) is 5.71. The van der Waals surface area contributed by atoms with E-state index in [4.69, 9.17) is 11.5 Å². The number of aliphatic carboxylic acids is 1. The highest BCUT2D eigenvalue weighted by atomic mass is 16.5. The van der Waals surface area contributed by atoms with Gasteiger partial charge in [0.25, 0.3) is 0 Å². The van der Waals surface area contributed by atoms with Gasteiger partial charge in [0.1, 0.15) is 12.6 Å². The molecule has 0 aromatic heterocycles. The van der Waals surface area contributed by atoms with Crippen molar-refractivity contribution in [1.82, 2.24) is 10.2 Å². The fourth-order valence-electron chi connectivity index (χ4n) is 5.71. The highest BCUT2D eigenvalue weighted by molar-refractivity contribution is 5.90. The maximum absolute atomic E-state index is 11.8. The minimum Gasteiger partial charge on any atom is -0.550 e. The predicted octanol–water partition coefficient (Wildman–Crippen LogP) is 8.03. The molecular formula is C45H89N4O7-. The van der Waals surface area contributed by atoms with Crippen LogP contribution in [-0.4, -0.2) is 73.8 Å². The number of unbranched alkanes of at least 4 members (excludes halogenated alkanes) is 19. The topological polar surface area (TPSA) is 185 Å². The average Bonchev–Trinajstić information content (AvgIpc) is 3.14. The number of hydrogen-bond donors (Lipinski definition) is 3. The maximum Gasteiger partial charge on any atom is 0.319 e. The number of carboxylic acid groups (broad SMARTS) is 1. The van der Waals surface area contributed by atoms with Crippen molar-refractivity contribution >= 4 is 29.5 Å². The second-order valence-electron chi connectivity index (χ2n) is 16.6. The molecule has 0 rings (SSSR count). The molecule has 0 saturated heterocycles. The van der Waals surface area contributed by atoms with Gasteiger partial charge >= 0.3 is 5.97 Å². The summed E-state index contributed by atoms with van der Waals surface area (Å²) in [7, 11) is 1.47. The second-order valence-corrected chi connectivity index (χ2v) is 16.6. The molecule has 56 heavy (non-hydrogen) atoms. The Bertz CT molecular complexity index is 959. The standard InChI is InChI=1S/C25H52.C13H24N4O5.C7H14O2/c1-4-5-6-7-8-9-10-11-12-13-14-15-16-17-18-19-20-21-22-23-24-25(2)3;1-8(2)10(18)6-17(3)11(19)5-16-13(21)9(15)7-22-12(20)4-14;1-6(2)4-3-5-7(8)9/h25H,4-24H2,1-3H3;8-9H,4-7,14-15H2,1-3H3,(H,16,21);6H,3-5H2,1-2H3,(H,8,9)/p-1/t;9-;/m.0./s1. The van der Waals surface area contributed by atoms with E-state index in [2.05, 4.69) is 44.7 Å². The first kappa shape index (κ1) is 57.8. The van der Waals surface area contributed by atoms with Crippen LogP contribution in [-0.2, 0) is 28.7 Å². The number of amides is 2. The first-order valence-corrected chi connectivity index (χ1v) is 22.4. The van der Waals surface area contributed by atoms with Gasteiger partial charge < -0.3 is 36.3 Å². The number of nitrogens with zero attached hydrogens (tertiary/aromatic N) is 1. The largest absolute Gasteiger partial charge is 0.550 e. The van der Waals surface area contributed by atoms with Crippen molar-refractivity contribution in [3.05, 3.63) is 0 Å². The smallest absolute Gasteiger partial charge is 0.319 e. The lowest BCUT2D eigenvalue weighted by molar-refractivity contribution is -0.305. The molecule has 0 radical (unpaired) electrons. The molecule has 0 spiro atoms. The Morgan fingerprint density at radius 1 is 0.643 bits per heavy atom. The van der Waals surface area contributed by atoms with Crippen LogP contribution < -0.4 is 21.9 Å². The summed E-state index contributed by atoms with van der Waals surface area (Å²) in [6, 6.07) is -1.09. The van der Waals surface area contributed by atoms with Crippen LogP contribution >= 0.6 is 0 Å². The summed E-state index contributed by atoms with van der Waals surface area (Å²) < 4.78 is 4.62. The number of Topliss-reactive ketones (excluding diaryl/α,β-unsaturated/α-hetero) is 1. The monoisotopic (exact) mass is 798 g/mol. The first-order chi connectivity index (χ1) is 26.6. The fraction of sp³-hybridized carbons (Fsp3) is 0.889.